The van der Waals surface area contributed by atoms with Crippen molar-refractivity contribution < 1.29 is 14.7 Å². The molecule has 0 spiro atoms. The van der Waals surface area contributed by atoms with Crippen LogP contribution in [0.5, 0.6) is 0 Å². The van der Waals surface area contributed by atoms with Crippen molar-refractivity contribution in [1.29, 1.82) is 0 Å². The molecule has 0 unspecified atom stereocenters. The van der Waals surface area contributed by atoms with Crippen LogP contribution in [0.25, 0.3) is 5.78 Å². The Morgan fingerprint density at radius 3 is 2.57 bits per heavy atom. The number of carboxylic acid groups (broad SMARTS) is 1. The Morgan fingerprint density at radius 1 is 1.33 bits per heavy atom. The molecule has 2 aromatic heterocycles. The summed E-state index contributed by atoms with van der Waals surface area (Å²) in [5.74, 6) is -1.20. The fourth-order valence-corrected chi connectivity index (χ4v) is 1.97. The number of nitrogens with one attached hydrogen (secondary N) is 1. The maximum atomic E-state index is 12.3. The van der Waals surface area contributed by atoms with Crippen LogP contribution < -0.4 is 5.32 Å². The minimum atomic E-state index is -1.08. The number of carbonyl (C=O) groups excluding carboxylic acids is 1. The number of nitrogens with zero attached hydrogens (tertiary/aromatic N) is 4. The third kappa shape index (κ3) is 2.83. The number of aryl methyl sites for hydroxylation is 1. The second-order valence-corrected chi connectivity index (χ2v) is 5.84. The van der Waals surface area contributed by atoms with Gasteiger partial charge in [0, 0.05) is 6.20 Å². The number of fused-ring (bicyclic) bond motifs is 1. The molecule has 0 saturated heterocycles. The third-order valence-electron chi connectivity index (χ3n) is 3.18. The number of hydrogen-bond donors (Lipinski definition) is 2. The monoisotopic (exact) mass is 291 g/mol. The van der Waals surface area contributed by atoms with Gasteiger partial charge in [0.15, 0.2) is 0 Å². The van der Waals surface area contributed by atoms with E-state index in [1.165, 1.54) is 17.0 Å². The molecule has 112 valence electrons. The first-order valence-corrected chi connectivity index (χ1v) is 6.41. The van der Waals surface area contributed by atoms with Crippen LogP contribution in [0.3, 0.4) is 0 Å². The summed E-state index contributed by atoms with van der Waals surface area (Å²) in [6, 6.07) is -1.00. The Hall–Kier alpha value is -2.51. The van der Waals surface area contributed by atoms with Gasteiger partial charge in [-0.3, -0.25) is 4.79 Å². The lowest BCUT2D eigenvalue weighted by atomic mass is 9.86. The quantitative estimate of drug-likeness (QED) is 0.859. The normalized spacial score (nSPS) is 13.1. The average molecular weight is 291 g/mol. The SMILES string of the molecule is Cc1c(C(=O)N[C@H](C(=O)O)C(C)(C)C)cnc2ncnn12. The molecule has 8 nitrogen and oxygen atoms in total. The van der Waals surface area contributed by atoms with Gasteiger partial charge in [-0.2, -0.15) is 10.1 Å². The van der Waals surface area contributed by atoms with E-state index in [1.54, 1.807) is 27.7 Å². The minimum Gasteiger partial charge on any atom is -0.480 e. The Morgan fingerprint density at radius 2 is 2.00 bits per heavy atom. The van der Waals surface area contributed by atoms with Crippen molar-refractivity contribution in [3.05, 3.63) is 23.8 Å². The van der Waals surface area contributed by atoms with E-state index >= 15 is 0 Å². The molecule has 2 aromatic rings. The molecule has 0 aliphatic carbocycles. The van der Waals surface area contributed by atoms with E-state index < -0.39 is 23.3 Å². The predicted octanol–water partition coefficient (Wildman–Crippen LogP) is 0.662. The number of amides is 1. The van der Waals surface area contributed by atoms with Crippen LogP contribution in [0, 0.1) is 12.3 Å². The third-order valence-corrected chi connectivity index (χ3v) is 3.18. The zero-order valence-electron chi connectivity index (χ0n) is 12.3. The fourth-order valence-electron chi connectivity index (χ4n) is 1.97. The van der Waals surface area contributed by atoms with E-state index in [0.29, 0.717) is 11.5 Å². The minimum absolute atomic E-state index is 0.267. The number of aromatic nitrogens is 4. The molecule has 2 N–H and O–H groups in total. The van der Waals surface area contributed by atoms with Gasteiger partial charge in [0.2, 0.25) is 0 Å². The van der Waals surface area contributed by atoms with E-state index in [-0.39, 0.29) is 5.56 Å². The molecular weight excluding hydrogens is 274 g/mol. The van der Waals surface area contributed by atoms with Gasteiger partial charge in [-0.25, -0.2) is 14.3 Å². The summed E-state index contributed by atoms with van der Waals surface area (Å²) >= 11 is 0. The number of rotatable bonds is 3. The van der Waals surface area contributed by atoms with E-state index in [1.807, 2.05) is 0 Å². The zero-order valence-corrected chi connectivity index (χ0v) is 12.3. The molecule has 1 atom stereocenters. The highest BCUT2D eigenvalue weighted by molar-refractivity contribution is 5.97. The summed E-state index contributed by atoms with van der Waals surface area (Å²) in [5, 5.41) is 15.8. The molecule has 0 fully saturated rings. The van der Waals surface area contributed by atoms with Crippen molar-refractivity contribution in [3.63, 3.8) is 0 Å². The van der Waals surface area contributed by atoms with E-state index in [2.05, 4.69) is 20.4 Å². The molecule has 0 radical (unpaired) electrons. The van der Waals surface area contributed by atoms with Gasteiger partial charge < -0.3 is 10.4 Å². The Bertz CT molecular complexity index is 701. The highest BCUT2D eigenvalue weighted by atomic mass is 16.4. The van der Waals surface area contributed by atoms with Gasteiger partial charge in [-0.15, -0.1) is 0 Å². The molecular formula is C13H17N5O3. The van der Waals surface area contributed by atoms with Crippen molar-refractivity contribution in [2.24, 2.45) is 5.41 Å². The smallest absolute Gasteiger partial charge is 0.326 e. The Kier molecular flexibility index (Phi) is 3.63. The topological polar surface area (TPSA) is 109 Å². The first kappa shape index (κ1) is 14.9. The second kappa shape index (κ2) is 5.12. The predicted molar refractivity (Wildman–Crippen MR) is 73.9 cm³/mol. The number of aliphatic carboxylic acids is 1. The van der Waals surface area contributed by atoms with E-state index in [0.717, 1.165) is 0 Å². The van der Waals surface area contributed by atoms with Crippen molar-refractivity contribution in [2.45, 2.75) is 33.7 Å². The first-order chi connectivity index (χ1) is 9.71. The summed E-state index contributed by atoms with van der Waals surface area (Å²) < 4.78 is 1.43. The Labute approximate surface area is 121 Å². The van der Waals surface area contributed by atoms with Crippen LogP contribution in [0.1, 0.15) is 36.8 Å². The van der Waals surface area contributed by atoms with Gasteiger partial charge in [0.25, 0.3) is 11.7 Å². The number of carbonyl (C=O) groups is 2. The van der Waals surface area contributed by atoms with Crippen molar-refractivity contribution in [2.75, 3.05) is 0 Å². The maximum absolute atomic E-state index is 12.3. The van der Waals surface area contributed by atoms with Gasteiger partial charge in [0.05, 0.1) is 11.3 Å². The molecule has 0 aliphatic rings. The molecule has 0 aromatic carbocycles. The average Bonchev–Trinajstić information content (AvgIpc) is 2.83. The molecule has 21 heavy (non-hydrogen) atoms. The lowest BCUT2D eigenvalue weighted by Crippen LogP contribution is -2.49. The summed E-state index contributed by atoms with van der Waals surface area (Å²) in [7, 11) is 0. The Balaban J connectivity index is 2.34. The summed E-state index contributed by atoms with van der Waals surface area (Å²) in [6.45, 7) is 6.94. The van der Waals surface area contributed by atoms with Crippen LogP contribution in [-0.2, 0) is 4.79 Å². The lowest BCUT2D eigenvalue weighted by molar-refractivity contribution is -0.142. The number of carboxylic acids is 1. The van der Waals surface area contributed by atoms with Gasteiger partial charge in [0.1, 0.15) is 12.4 Å². The van der Waals surface area contributed by atoms with Gasteiger partial charge >= 0.3 is 5.97 Å². The van der Waals surface area contributed by atoms with Crippen molar-refractivity contribution in [3.8, 4) is 0 Å². The van der Waals surface area contributed by atoms with Gasteiger partial charge in [-0.1, -0.05) is 20.8 Å². The van der Waals surface area contributed by atoms with Crippen LogP contribution >= 0.6 is 0 Å². The van der Waals surface area contributed by atoms with Crippen LogP contribution in [0.15, 0.2) is 12.5 Å². The number of hydrogen-bond acceptors (Lipinski definition) is 5. The lowest BCUT2D eigenvalue weighted by Gasteiger charge is -2.27. The van der Waals surface area contributed by atoms with Crippen LogP contribution in [0.4, 0.5) is 0 Å². The molecule has 2 heterocycles. The zero-order chi connectivity index (χ0) is 15.8. The van der Waals surface area contributed by atoms with Crippen LogP contribution in [0.2, 0.25) is 0 Å². The highest BCUT2D eigenvalue weighted by Gasteiger charge is 2.33. The molecule has 0 aliphatic heterocycles. The van der Waals surface area contributed by atoms with E-state index in [4.69, 9.17) is 0 Å². The summed E-state index contributed by atoms with van der Waals surface area (Å²) in [6.07, 6.45) is 2.71. The van der Waals surface area contributed by atoms with Crippen molar-refractivity contribution >= 4 is 17.7 Å². The summed E-state index contributed by atoms with van der Waals surface area (Å²) in [4.78, 5) is 31.6. The summed E-state index contributed by atoms with van der Waals surface area (Å²) in [5.41, 5.74) is 0.205. The van der Waals surface area contributed by atoms with E-state index in [9.17, 15) is 14.7 Å². The second-order valence-electron chi connectivity index (χ2n) is 5.84. The maximum Gasteiger partial charge on any atom is 0.326 e. The molecule has 0 bridgehead atoms. The van der Waals surface area contributed by atoms with Crippen molar-refractivity contribution in [1.82, 2.24) is 24.9 Å². The molecule has 8 heteroatoms. The molecule has 1 amide bonds. The highest BCUT2D eigenvalue weighted by Crippen LogP contribution is 2.20. The van der Waals surface area contributed by atoms with Crippen LogP contribution in [-0.4, -0.2) is 42.6 Å². The fraction of sp³-hybridized carbons (Fsp3) is 0.462. The molecule has 0 saturated carbocycles. The van der Waals surface area contributed by atoms with Gasteiger partial charge in [-0.05, 0) is 12.3 Å². The molecule has 2 rings (SSSR count). The largest absolute Gasteiger partial charge is 0.480 e. The standard InChI is InChI=1S/C13H17N5O3/c1-7-8(5-14-12-15-6-16-18(7)12)10(19)17-9(11(20)21)13(2,3)4/h5-6,9H,1-4H3,(H,17,19)(H,20,21)/t9-/m1/s1. The first-order valence-electron chi connectivity index (χ1n) is 6.41.